The number of thiophene rings is 1. The van der Waals surface area contributed by atoms with Crippen molar-refractivity contribution in [2.75, 3.05) is 0 Å². The summed E-state index contributed by atoms with van der Waals surface area (Å²) in [6, 6.07) is 17.1. The predicted octanol–water partition coefficient (Wildman–Crippen LogP) is 6.42. The van der Waals surface area contributed by atoms with E-state index in [1.165, 1.54) is 11.3 Å². The Morgan fingerprint density at radius 2 is 1.73 bits per heavy atom. The zero-order valence-corrected chi connectivity index (χ0v) is 16.3. The number of hydrogen-bond donors (Lipinski definition) is 1. The highest BCUT2D eigenvalue weighted by atomic mass is 32.1. The maximum Gasteiger partial charge on any atom is 0.416 e. The maximum atomic E-state index is 13.7. The molecule has 2 nitrogen and oxygen atoms in total. The molecule has 0 atom stereocenters. The number of hydrogen-bond acceptors (Lipinski definition) is 2. The first-order valence-electron chi connectivity index (χ1n) is 8.99. The van der Waals surface area contributed by atoms with Crippen LogP contribution < -0.4 is 5.73 Å². The summed E-state index contributed by atoms with van der Waals surface area (Å²) in [6.07, 6.45) is -4.42. The molecule has 0 radical (unpaired) electrons. The fourth-order valence-electron chi connectivity index (χ4n) is 3.39. The van der Waals surface area contributed by atoms with Crippen molar-refractivity contribution < 1.29 is 22.4 Å². The van der Waals surface area contributed by atoms with Crippen molar-refractivity contribution >= 4 is 27.3 Å². The van der Waals surface area contributed by atoms with Crippen molar-refractivity contribution in [2.45, 2.75) is 12.6 Å². The van der Waals surface area contributed by atoms with E-state index in [1.54, 1.807) is 18.2 Å². The molecule has 1 amide bonds. The van der Waals surface area contributed by atoms with Crippen LogP contribution in [0.3, 0.4) is 0 Å². The number of rotatable bonds is 4. The van der Waals surface area contributed by atoms with Gasteiger partial charge in [0.1, 0.15) is 5.82 Å². The predicted molar refractivity (Wildman–Crippen MR) is 110 cm³/mol. The van der Waals surface area contributed by atoms with Crippen molar-refractivity contribution in [3.05, 3.63) is 94.1 Å². The minimum absolute atomic E-state index is 0.182. The number of benzene rings is 3. The summed E-state index contributed by atoms with van der Waals surface area (Å²) in [5, 5.41) is 0.921. The molecule has 0 aliphatic heterocycles. The van der Waals surface area contributed by atoms with Gasteiger partial charge in [-0.25, -0.2) is 4.39 Å². The molecule has 30 heavy (non-hydrogen) atoms. The summed E-state index contributed by atoms with van der Waals surface area (Å²) < 4.78 is 53.6. The molecule has 7 heteroatoms. The highest BCUT2D eigenvalue weighted by molar-refractivity contribution is 7.19. The third kappa shape index (κ3) is 4.07. The van der Waals surface area contributed by atoms with Crippen LogP contribution in [0, 0.1) is 5.82 Å². The van der Waals surface area contributed by atoms with Gasteiger partial charge in [-0.15, -0.1) is 11.3 Å². The summed E-state index contributed by atoms with van der Waals surface area (Å²) in [7, 11) is 0. The number of amides is 1. The van der Waals surface area contributed by atoms with E-state index in [-0.39, 0.29) is 12.0 Å². The molecule has 4 rings (SSSR count). The summed E-state index contributed by atoms with van der Waals surface area (Å²) in [5.41, 5.74) is 6.72. The molecule has 0 unspecified atom stereocenters. The number of alkyl halides is 3. The van der Waals surface area contributed by atoms with E-state index in [4.69, 9.17) is 5.73 Å². The van der Waals surface area contributed by atoms with E-state index in [9.17, 15) is 22.4 Å². The van der Waals surface area contributed by atoms with E-state index >= 15 is 0 Å². The number of primary amides is 1. The Labute approximate surface area is 173 Å². The van der Waals surface area contributed by atoms with Gasteiger partial charge in [0.2, 0.25) is 5.91 Å². The van der Waals surface area contributed by atoms with Crippen molar-refractivity contribution in [1.29, 1.82) is 0 Å². The van der Waals surface area contributed by atoms with Gasteiger partial charge < -0.3 is 5.73 Å². The van der Waals surface area contributed by atoms with Crippen LogP contribution in [-0.4, -0.2) is 5.91 Å². The lowest BCUT2D eigenvalue weighted by molar-refractivity contribution is -0.137. The molecule has 0 aliphatic rings. The number of carbonyl (C=O) groups excluding carboxylic acids is 1. The van der Waals surface area contributed by atoms with Crippen LogP contribution in [-0.2, 0) is 12.6 Å². The molecule has 1 aromatic heterocycles. The van der Waals surface area contributed by atoms with Crippen LogP contribution in [0.4, 0.5) is 17.6 Å². The van der Waals surface area contributed by atoms with Crippen molar-refractivity contribution in [3.8, 4) is 11.1 Å². The van der Waals surface area contributed by atoms with Gasteiger partial charge in [0, 0.05) is 21.6 Å². The summed E-state index contributed by atoms with van der Waals surface area (Å²) in [5.74, 6) is -1.44. The van der Waals surface area contributed by atoms with Gasteiger partial charge in [-0.3, -0.25) is 4.79 Å². The van der Waals surface area contributed by atoms with Gasteiger partial charge in [0.25, 0.3) is 0 Å². The summed E-state index contributed by atoms with van der Waals surface area (Å²) in [4.78, 5) is 12.3. The van der Waals surface area contributed by atoms with Crippen LogP contribution in [0.25, 0.3) is 21.2 Å². The lowest BCUT2D eigenvalue weighted by Crippen LogP contribution is -2.10. The molecule has 4 aromatic rings. The Kier molecular flexibility index (Phi) is 5.07. The zero-order chi connectivity index (χ0) is 21.5. The molecule has 1 heterocycles. The van der Waals surface area contributed by atoms with Crippen LogP contribution in [0.1, 0.15) is 26.4 Å². The second-order valence-electron chi connectivity index (χ2n) is 6.90. The standard InChI is InChI=1S/C23H15F4NOS/c24-18-8-13(7-17(12-18)23(25,26)27)9-19-11-15-4-2-6-20(21(15)30-19)14-3-1-5-16(10-14)22(28)29/h1-8,10-12H,9H2,(H2,28,29). The largest absolute Gasteiger partial charge is 0.416 e. The van der Waals surface area contributed by atoms with Gasteiger partial charge in [-0.05, 0) is 58.5 Å². The fraction of sp³-hybridized carbons (Fsp3) is 0.0870. The zero-order valence-electron chi connectivity index (χ0n) is 15.5. The summed E-state index contributed by atoms with van der Waals surface area (Å²) >= 11 is 1.43. The minimum Gasteiger partial charge on any atom is -0.366 e. The third-order valence-corrected chi connectivity index (χ3v) is 5.90. The smallest absolute Gasteiger partial charge is 0.366 e. The molecule has 0 bridgehead atoms. The molecule has 3 aromatic carbocycles. The number of halogens is 4. The van der Waals surface area contributed by atoms with Gasteiger partial charge in [-0.2, -0.15) is 13.2 Å². The van der Waals surface area contributed by atoms with Crippen LogP contribution in [0.5, 0.6) is 0 Å². The van der Waals surface area contributed by atoms with Gasteiger partial charge in [0.05, 0.1) is 5.56 Å². The lowest BCUT2D eigenvalue weighted by atomic mass is 10.0. The molecular weight excluding hydrogens is 414 g/mol. The molecule has 0 saturated heterocycles. The maximum absolute atomic E-state index is 13.7. The normalized spacial score (nSPS) is 11.7. The molecule has 0 saturated carbocycles. The molecule has 152 valence electrons. The molecule has 0 spiro atoms. The average Bonchev–Trinajstić information content (AvgIpc) is 3.09. The first-order chi connectivity index (χ1) is 14.2. The van der Waals surface area contributed by atoms with Crippen LogP contribution in [0.15, 0.2) is 66.7 Å². The van der Waals surface area contributed by atoms with Crippen LogP contribution in [0.2, 0.25) is 0 Å². The van der Waals surface area contributed by atoms with Crippen molar-refractivity contribution in [2.24, 2.45) is 5.73 Å². The Bertz CT molecular complexity index is 1260. The SMILES string of the molecule is NC(=O)c1cccc(-c2cccc3cc(Cc4cc(F)cc(C(F)(F)F)c4)sc23)c1. The number of carbonyl (C=O) groups is 1. The number of nitrogens with two attached hydrogens (primary N) is 1. The van der Waals surface area contributed by atoms with Crippen LogP contribution >= 0.6 is 11.3 Å². The van der Waals surface area contributed by atoms with Crippen molar-refractivity contribution in [1.82, 2.24) is 0 Å². The van der Waals surface area contributed by atoms with Gasteiger partial charge in [-0.1, -0.05) is 30.3 Å². The summed E-state index contributed by atoms with van der Waals surface area (Å²) in [6.45, 7) is 0. The topological polar surface area (TPSA) is 43.1 Å². The highest BCUT2D eigenvalue weighted by Crippen LogP contribution is 2.37. The monoisotopic (exact) mass is 429 g/mol. The Balaban J connectivity index is 1.74. The van der Waals surface area contributed by atoms with E-state index in [2.05, 4.69) is 0 Å². The van der Waals surface area contributed by atoms with E-state index in [0.29, 0.717) is 11.6 Å². The average molecular weight is 429 g/mol. The minimum atomic E-state index is -4.60. The second-order valence-corrected chi connectivity index (χ2v) is 8.04. The molecular formula is C23H15F4NOS. The van der Waals surface area contributed by atoms with E-state index in [1.807, 2.05) is 30.3 Å². The molecule has 0 aliphatic carbocycles. The van der Waals surface area contributed by atoms with E-state index in [0.717, 1.165) is 38.2 Å². The Hall–Kier alpha value is -3.19. The Morgan fingerprint density at radius 1 is 0.967 bits per heavy atom. The lowest BCUT2D eigenvalue weighted by Gasteiger charge is -2.09. The second kappa shape index (κ2) is 7.57. The number of fused-ring (bicyclic) bond motifs is 1. The third-order valence-electron chi connectivity index (χ3n) is 4.72. The molecule has 2 N–H and O–H groups in total. The fourth-order valence-corrected chi connectivity index (χ4v) is 4.62. The Morgan fingerprint density at radius 3 is 2.47 bits per heavy atom. The highest BCUT2D eigenvalue weighted by Gasteiger charge is 2.31. The van der Waals surface area contributed by atoms with E-state index < -0.39 is 23.5 Å². The first-order valence-corrected chi connectivity index (χ1v) is 9.81. The van der Waals surface area contributed by atoms with Gasteiger partial charge in [0.15, 0.2) is 0 Å². The van der Waals surface area contributed by atoms with Crippen molar-refractivity contribution in [3.63, 3.8) is 0 Å². The quantitative estimate of drug-likeness (QED) is 0.374. The molecule has 0 fully saturated rings. The van der Waals surface area contributed by atoms with Gasteiger partial charge >= 0.3 is 6.18 Å². The first kappa shape index (κ1) is 20.1.